The molecule has 0 amide bonds. The summed E-state index contributed by atoms with van der Waals surface area (Å²) in [4.78, 5) is 31.3. The molecule has 0 spiro atoms. The minimum absolute atomic E-state index is 0.171. The van der Waals surface area contributed by atoms with Crippen molar-refractivity contribution in [3.8, 4) is 5.69 Å². The number of hydrogen-bond donors (Lipinski definition) is 0. The van der Waals surface area contributed by atoms with E-state index in [1.165, 1.54) is 33.4 Å². The average Bonchev–Trinajstić information content (AvgIpc) is 3.44. The second-order valence-electron chi connectivity index (χ2n) is 8.18. The van der Waals surface area contributed by atoms with Crippen molar-refractivity contribution in [2.75, 3.05) is 6.61 Å². The van der Waals surface area contributed by atoms with Crippen molar-refractivity contribution in [2.45, 2.75) is 39.0 Å². The maximum absolute atomic E-state index is 13.5. The zero-order valence-corrected chi connectivity index (χ0v) is 17.7. The molecule has 1 aliphatic rings. The van der Waals surface area contributed by atoms with Gasteiger partial charge in [-0.1, -0.05) is 29.8 Å². The van der Waals surface area contributed by atoms with Gasteiger partial charge in [-0.15, -0.1) is 0 Å². The van der Waals surface area contributed by atoms with E-state index in [1.807, 2.05) is 31.2 Å². The lowest BCUT2D eigenvalue weighted by Crippen LogP contribution is -2.42. The van der Waals surface area contributed by atoms with Crippen LogP contribution in [0.5, 0.6) is 0 Å². The van der Waals surface area contributed by atoms with Gasteiger partial charge in [0.05, 0.1) is 24.7 Å². The molecular formula is C24H23FN4O3. The van der Waals surface area contributed by atoms with Gasteiger partial charge in [-0.05, 0) is 49.6 Å². The van der Waals surface area contributed by atoms with Gasteiger partial charge in [-0.2, -0.15) is 0 Å². The Morgan fingerprint density at radius 2 is 1.84 bits per heavy atom. The predicted molar refractivity (Wildman–Crippen MR) is 119 cm³/mol. The Morgan fingerprint density at radius 3 is 2.53 bits per heavy atom. The number of fused-ring (bicyclic) bond motifs is 1. The van der Waals surface area contributed by atoms with Crippen LogP contribution in [0.25, 0.3) is 16.9 Å². The number of nitrogens with zero attached hydrogens (tertiary/aromatic N) is 4. The normalized spacial score (nSPS) is 16.1. The molecule has 2 aromatic heterocycles. The highest BCUT2D eigenvalue weighted by Crippen LogP contribution is 2.17. The summed E-state index contributed by atoms with van der Waals surface area (Å²) in [6, 6.07) is 13.6. The van der Waals surface area contributed by atoms with Gasteiger partial charge < -0.3 is 9.30 Å². The molecule has 4 aromatic rings. The maximum Gasteiger partial charge on any atom is 0.337 e. The highest BCUT2D eigenvalue weighted by molar-refractivity contribution is 5.72. The summed E-state index contributed by atoms with van der Waals surface area (Å²) in [5.41, 5.74) is 2.28. The third kappa shape index (κ3) is 3.67. The van der Waals surface area contributed by atoms with E-state index in [1.54, 1.807) is 10.9 Å². The monoisotopic (exact) mass is 434 g/mol. The van der Waals surface area contributed by atoms with E-state index in [0.717, 1.165) is 24.0 Å². The summed E-state index contributed by atoms with van der Waals surface area (Å²) >= 11 is 0. The fraction of sp³-hybridized carbons (Fsp3) is 0.292. The molecule has 164 valence electrons. The van der Waals surface area contributed by atoms with Crippen molar-refractivity contribution < 1.29 is 9.13 Å². The van der Waals surface area contributed by atoms with E-state index < -0.39 is 17.1 Å². The largest absolute Gasteiger partial charge is 0.376 e. The van der Waals surface area contributed by atoms with Crippen LogP contribution in [-0.2, 0) is 17.8 Å². The molecule has 1 atom stereocenters. The quantitative estimate of drug-likeness (QED) is 0.484. The molecule has 3 heterocycles. The first-order valence-corrected chi connectivity index (χ1v) is 10.6. The van der Waals surface area contributed by atoms with Crippen molar-refractivity contribution in [2.24, 2.45) is 0 Å². The zero-order chi connectivity index (χ0) is 22.2. The number of benzene rings is 2. The first-order valence-electron chi connectivity index (χ1n) is 10.6. The van der Waals surface area contributed by atoms with Gasteiger partial charge in [0.15, 0.2) is 11.2 Å². The molecule has 2 aromatic carbocycles. The van der Waals surface area contributed by atoms with Crippen LogP contribution in [0.3, 0.4) is 0 Å². The summed E-state index contributed by atoms with van der Waals surface area (Å²) in [6.45, 7) is 3.25. The van der Waals surface area contributed by atoms with E-state index in [4.69, 9.17) is 4.74 Å². The summed E-state index contributed by atoms with van der Waals surface area (Å²) in [5, 5.41) is 0. The van der Waals surface area contributed by atoms with E-state index >= 15 is 0 Å². The molecule has 0 bridgehead atoms. The highest BCUT2D eigenvalue weighted by atomic mass is 19.1. The molecule has 0 aliphatic carbocycles. The smallest absolute Gasteiger partial charge is 0.337 e. The molecule has 1 unspecified atom stereocenters. The Kier molecular flexibility index (Phi) is 5.22. The molecule has 0 radical (unpaired) electrons. The number of hydrogen-bond acceptors (Lipinski definition) is 4. The van der Waals surface area contributed by atoms with Crippen LogP contribution in [0, 0.1) is 12.7 Å². The Labute approximate surface area is 183 Å². The third-order valence-corrected chi connectivity index (χ3v) is 5.87. The summed E-state index contributed by atoms with van der Waals surface area (Å²) in [5.74, 6) is -0.407. The van der Waals surface area contributed by atoms with Crippen LogP contribution in [0.15, 0.2) is 64.4 Å². The number of rotatable bonds is 5. The molecule has 1 fully saturated rings. The van der Waals surface area contributed by atoms with Crippen molar-refractivity contribution in [3.63, 3.8) is 0 Å². The summed E-state index contributed by atoms with van der Waals surface area (Å²) in [7, 11) is 0. The second-order valence-corrected chi connectivity index (χ2v) is 8.18. The van der Waals surface area contributed by atoms with Crippen molar-refractivity contribution in [3.05, 3.63) is 92.6 Å². The second kappa shape index (κ2) is 8.20. The zero-order valence-electron chi connectivity index (χ0n) is 17.7. The van der Waals surface area contributed by atoms with Gasteiger partial charge in [-0.3, -0.25) is 9.36 Å². The Bertz CT molecular complexity index is 1380. The van der Waals surface area contributed by atoms with Crippen LogP contribution >= 0.6 is 0 Å². The first kappa shape index (κ1) is 20.4. The minimum atomic E-state index is -0.509. The molecular weight excluding hydrogens is 411 g/mol. The lowest BCUT2D eigenvalue weighted by atomic mass is 10.1. The van der Waals surface area contributed by atoms with Gasteiger partial charge in [-0.25, -0.2) is 18.7 Å². The number of aryl methyl sites for hydroxylation is 1. The lowest BCUT2D eigenvalue weighted by molar-refractivity contribution is 0.0950. The Balaban J connectivity index is 1.71. The third-order valence-electron chi connectivity index (χ3n) is 5.87. The van der Waals surface area contributed by atoms with Crippen LogP contribution in [-0.4, -0.2) is 31.4 Å². The SMILES string of the molecule is Cc1ccc(Cn2cnc3c2c(=O)n(CC2CCCO2)c(=O)n3-c2ccc(F)cc2)cc1. The summed E-state index contributed by atoms with van der Waals surface area (Å²) < 4.78 is 23.6. The molecule has 5 rings (SSSR count). The van der Waals surface area contributed by atoms with Crippen LogP contribution < -0.4 is 11.2 Å². The number of halogens is 1. The van der Waals surface area contributed by atoms with Crippen LogP contribution in [0.4, 0.5) is 4.39 Å². The van der Waals surface area contributed by atoms with Gasteiger partial charge in [0.1, 0.15) is 5.82 Å². The lowest BCUT2D eigenvalue weighted by Gasteiger charge is -2.15. The van der Waals surface area contributed by atoms with Crippen LogP contribution in [0.2, 0.25) is 0 Å². The minimum Gasteiger partial charge on any atom is -0.376 e. The van der Waals surface area contributed by atoms with Crippen molar-refractivity contribution in [1.82, 2.24) is 18.7 Å². The van der Waals surface area contributed by atoms with E-state index in [2.05, 4.69) is 4.98 Å². The predicted octanol–water partition coefficient (Wildman–Crippen LogP) is 3.02. The van der Waals surface area contributed by atoms with E-state index in [0.29, 0.717) is 24.4 Å². The molecule has 1 saturated heterocycles. The number of aromatic nitrogens is 4. The van der Waals surface area contributed by atoms with Crippen molar-refractivity contribution in [1.29, 1.82) is 0 Å². The Morgan fingerprint density at radius 1 is 1.09 bits per heavy atom. The van der Waals surface area contributed by atoms with Crippen molar-refractivity contribution >= 4 is 11.2 Å². The summed E-state index contributed by atoms with van der Waals surface area (Å²) in [6.07, 6.45) is 3.08. The number of ether oxygens (including phenoxy) is 1. The van der Waals surface area contributed by atoms with Gasteiger partial charge >= 0.3 is 5.69 Å². The maximum atomic E-state index is 13.5. The number of imidazole rings is 1. The Hall–Kier alpha value is -3.52. The standard InChI is InChI=1S/C24H23FN4O3/c1-16-4-6-17(7-5-16)13-27-15-26-22-21(27)23(30)28(14-20-3-2-12-32-20)24(31)29(22)19-10-8-18(25)9-11-19/h4-11,15,20H,2-3,12-14H2,1H3. The van der Waals surface area contributed by atoms with Gasteiger partial charge in [0.2, 0.25) is 0 Å². The van der Waals surface area contributed by atoms with E-state index in [-0.39, 0.29) is 18.3 Å². The molecule has 0 saturated carbocycles. The fourth-order valence-corrected chi connectivity index (χ4v) is 4.17. The molecule has 8 heteroatoms. The van der Waals surface area contributed by atoms with Crippen LogP contribution in [0.1, 0.15) is 24.0 Å². The first-order chi connectivity index (χ1) is 15.5. The topological polar surface area (TPSA) is 71.1 Å². The van der Waals surface area contributed by atoms with Gasteiger partial charge in [0.25, 0.3) is 5.56 Å². The van der Waals surface area contributed by atoms with Gasteiger partial charge in [0, 0.05) is 13.2 Å². The molecule has 0 N–H and O–H groups in total. The molecule has 32 heavy (non-hydrogen) atoms. The van der Waals surface area contributed by atoms with E-state index in [9.17, 15) is 14.0 Å². The fourth-order valence-electron chi connectivity index (χ4n) is 4.17. The highest BCUT2D eigenvalue weighted by Gasteiger charge is 2.23. The molecule has 1 aliphatic heterocycles. The molecule has 7 nitrogen and oxygen atoms in total. The average molecular weight is 434 g/mol.